The smallest absolute Gasteiger partial charge is 0.259 e. The molecule has 1 amide bonds. The van der Waals surface area contributed by atoms with E-state index in [-0.39, 0.29) is 5.91 Å². The Morgan fingerprint density at radius 2 is 1.81 bits per heavy atom. The number of carbonyl (C=O) groups is 1. The summed E-state index contributed by atoms with van der Waals surface area (Å²) in [5, 5.41) is 8.88. The first-order valence-corrected chi connectivity index (χ1v) is 12.3. The van der Waals surface area contributed by atoms with Gasteiger partial charge in [-0.15, -0.1) is 0 Å². The van der Waals surface area contributed by atoms with Crippen molar-refractivity contribution in [3.05, 3.63) is 23.0 Å². The van der Waals surface area contributed by atoms with Crippen molar-refractivity contribution in [3.63, 3.8) is 0 Å². The summed E-state index contributed by atoms with van der Waals surface area (Å²) in [6, 6.07) is 1.72. The van der Waals surface area contributed by atoms with Gasteiger partial charge in [0, 0.05) is 25.7 Å². The van der Waals surface area contributed by atoms with Gasteiger partial charge in [0.2, 0.25) is 0 Å². The largest absolute Gasteiger partial charge is 0.364 e. The van der Waals surface area contributed by atoms with E-state index in [1.54, 1.807) is 10.7 Å². The monoisotopic (exact) mass is 461 g/mol. The Morgan fingerprint density at radius 1 is 1.16 bits per heavy atom. The van der Waals surface area contributed by atoms with Crippen molar-refractivity contribution in [2.45, 2.75) is 66.3 Å². The molecule has 32 heavy (non-hydrogen) atoms. The fourth-order valence-electron chi connectivity index (χ4n) is 4.94. The molecule has 2 aliphatic rings. The molecule has 0 saturated carbocycles. The Hall–Kier alpha value is -1.86. The van der Waals surface area contributed by atoms with Gasteiger partial charge in [-0.3, -0.25) is 9.48 Å². The lowest BCUT2D eigenvalue weighted by molar-refractivity contribution is 0.0283. The number of hydrogen-bond donors (Lipinski definition) is 0. The minimum atomic E-state index is -0.0508. The van der Waals surface area contributed by atoms with Gasteiger partial charge in [-0.2, -0.15) is 5.10 Å². The average Bonchev–Trinajstić information content (AvgIpc) is 3.40. The summed E-state index contributed by atoms with van der Waals surface area (Å²) >= 11 is 6.57. The molecular formula is C24H36ClN5O2. The summed E-state index contributed by atoms with van der Waals surface area (Å²) in [4.78, 5) is 18.1. The first-order chi connectivity index (χ1) is 15.2. The molecule has 0 aromatic carbocycles. The molecule has 0 aliphatic carbocycles. The first kappa shape index (κ1) is 23.3. The van der Waals surface area contributed by atoms with Gasteiger partial charge in [-0.05, 0) is 69.5 Å². The van der Waals surface area contributed by atoms with Gasteiger partial charge < -0.3 is 14.3 Å². The molecule has 2 aromatic rings. The van der Waals surface area contributed by atoms with Crippen LogP contribution < -0.4 is 0 Å². The molecule has 4 heterocycles. The van der Waals surface area contributed by atoms with Crippen LogP contribution in [0, 0.1) is 10.8 Å². The maximum absolute atomic E-state index is 13.5. The number of nitrogens with zero attached hydrogens (tertiary/aromatic N) is 5. The van der Waals surface area contributed by atoms with Crippen molar-refractivity contribution in [1.82, 2.24) is 24.7 Å². The molecule has 0 radical (unpaired) electrons. The highest BCUT2D eigenvalue weighted by Gasteiger charge is 2.40. The van der Waals surface area contributed by atoms with Crippen LogP contribution in [-0.4, -0.2) is 63.4 Å². The van der Waals surface area contributed by atoms with Crippen LogP contribution in [0.4, 0.5) is 0 Å². The number of piperidine rings is 2. The lowest BCUT2D eigenvalue weighted by Crippen LogP contribution is -2.48. The summed E-state index contributed by atoms with van der Waals surface area (Å²) < 4.78 is 6.63. The van der Waals surface area contributed by atoms with E-state index < -0.39 is 0 Å². The van der Waals surface area contributed by atoms with E-state index in [0.717, 1.165) is 25.9 Å². The van der Waals surface area contributed by atoms with Gasteiger partial charge in [0.15, 0.2) is 0 Å². The number of amides is 1. The number of likely N-dealkylation sites (tertiary alicyclic amines) is 2. The minimum absolute atomic E-state index is 0.0508. The number of aryl methyl sites for hydroxylation is 1. The lowest BCUT2D eigenvalue weighted by atomic mass is 9.71. The van der Waals surface area contributed by atoms with Crippen LogP contribution in [0.2, 0.25) is 5.15 Å². The summed E-state index contributed by atoms with van der Waals surface area (Å²) in [7, 11) is 0. The predicted octanol–water partition coefficient (Wildman–Crippen LogP) is 4.97. The van der Waals surface area contributed by atoms with Gasteiger partial charge in [-0.1, -0.05) is 37.5 Å². The molecule has 2 aliphatic heterocycles. The summed E-state index contributed by atoms with van der Waals surface area (Å²) in [5.41, 5.74) is 2.25. The van der Waals surface area contributed by atoms with Crippen LogP contribution in [0.25, 0.3) is 11.4 Å². The number of aromatic nitrogens is 3. The van der Waals surface area contributed by atoms with Crippen molar-refractivity contribution in [1.29, 1.82) is 0 Å². The molecule has 8 heteroatoms. The molecule has 2 saturated heterocycles. The van der Waals surface area contributed by atoms with E-state index in [1.807, 2.05) is 11.8 Å². The number of rotatable bonds is 5. The maximum atomic E-state index is 13.5. The number of carbonyl (C=O) groups excluding carboxylic acids is 1. The molecule has 0 atom stereocenters. The Morgan fingerprint density at radius 3 is 2.38 bits per heavy atom. The van der Waals surface area contributed by atoms with Gasteiger partial charge >= 0.3 is 0 Å². The molecule has 0 N–H and O–H groups in total. The van der Waals surface area contributed by atoms with Crippen LogP contribution >= 0.6 is 11.6 Å². The summed E-state index contributed by atoms with van der Waals surface area (Å²) in [6.45, 7) is 14.6. The zero-order valence-corrected chi connectivity index (χ0v) is 20.6. The second-order valence-electron chi connectivity index (χ2n) is 10.7. The zero-order chi connectivity index (χ0) is 22.9. The zero-order valence-electron chi connectivity index (χ0n) is 19.9. The van der Waals surface area contributed by atoms with Crippen LogP contribution in [0.3, 0.4) is 0 Å². The van der Waals surface area contributed by atoms with E-state index in [0.29, 0.717) is 39.5 Å². The van der Waals surface area contributed by atoms with E-state index >= 15 is 0 Å². The molecule has 176 valence electrons. The third-order valence-corrected chi connectivity index (χ3v) is 7.67. The van der Waals surface area contributed by atoms with Gasteiger partial charge in [0.05, 0.1) is 0 Å². The number of hydrogen-bond acceptors (Lipinski definition) is 5. The topological polar surface area (TPSA) is 67.4 Å². The van der Waals surface area contributed by atoms with Crippen LogP contribution in [0.1, 0.15) is 70.2 Å². The van der Waals surface area contributed by atoms with Gasteiger partial charge in [0.25, 0.3) is 5.91 Å². The minimum Gasteiger partial charge on any atom is -0.364 e. The Kier molecular flexibility index (Phi) is 6.68. The second kappa shape index (κ2) is 9.18. The molecule has 2 fully saturated rings. The second-order valence-corrected chi connectivity index (χ2v) is 11.0. The van der Waals surface area contributed by atoms with Crippen molar-refractivity contribution >= 4 is 17.5 Å². The van der Waals surface area contributed by atoms with Crippen molar-refractivity contribution in [2.24, 2.45) is 10.8 Å². The van der Waals surface area contributed by atoms with Gasteiger partial charge in [0.1, 0.15) is 28.4 Å². The standard InChI is InChI=1S/C24H36ClN5O2/c1-5-30-21(25)19(20(26-30)18-6-17-32-27-18)22(31)29-15-10-24(11-16-29)8-13-28(14-9-24)12-7-23(2,3)4/h6,17H,5,7-16H2,1-4H3. The molecule has 7 nitrogen and oxygen atoms in total. The van der Waals surface area contributed by atoms with Crippen molar-refractivity contribution < 1.29 is 9.32 Å². The quantitative estimate of drug-likeness (QED) is 0.629. The van der Waals surface area contributed by atoms with E-state index in [9.17, 15) is 4.79 Å². The highest BCUT2D eigenvalue weighted by Crippen LogP contribution is 2.42. The molecule has 0 bridgehead atoms. The summed E-state index contributed by atoms with van der Waals surface area (Å²) in [6.07, 6.45) is 7.31. The third-order valence-electron chi connectivity index (χ3n) is 7.29. The van der Waals surface area contributed by atoms with E-state index in [4.69, 9.17) is 16.1 Å². The van der Waals surface area contributed by atoms with Crippen molar-refractivity contribution in [3.8, 4) is 11.4 Å². The average molecular weight is 462 g/mol. The Balaban J connectivity index is 1.39. The lowest BCUT2D eigenvalue weighted by Gasteiger charge is -2.47. The first-order valence-electron chi connectivity index (χ1n) is 11.9. The molecule has 4 rings (SSSR count). The SMILES string of the molecule is CCn1nc(-c2ccon2)c(C(=O)N2CCC3(CCN(CCC(C)(C)C)CC3)CC2)c1Cl. The van der Waals surface area contributed by atoms with Crippen LogP contribution in [0.5, 0.6) is 0 Å². The Bertz CT molecular complexity index is 913. The Labute approximate surface area is 196 Å². The predicted molar refractivity (Wildman–Crippen MR) is 126 cm³/mol. The van der Waals surface area contributed by atoms with Crippen LogP contribution in [0.15, 0.2) is 16.9 Å². The fourth-order valence-corrected chi connectivity index (χ4v) is 5.27. The fraction of sp³-hybridized carbons (Fsp3) is 0.708. The molecule has 2 aromatic heterocycles. The number of halogens is 1. The van der Waals surface area contributed by atoms with Crippen LogP contribution in [-0.2, 0) is 6.54 Å². The highest BCUT2D eigenvalue weighted by molar-refractivity contribution is 6.33. The normalized spacial score (nSPS) is 19.6. The van der Waals surface area contributed by atoms with Crippen molar-refractivity contribution in [2.75, 3.05) is 32.7 Å². The molecule has 0 unspecified atom stereocenters. The molecule has 1 spiro atoms. The summed E-state index contributed by atoms with van der Waals surface area (Å²) in [5.74, 6) is -0.0508. The molecular weight excluding hydrogens is 426 g/mol. The highest BCUT2D eigenvalue weighted by atomic mass is 35.5. The third kappa shape index (κ3) is 4.88. The van der Waals surface area contributed by atoms with E-state index in [2.05, 4.69) is 35.9 Å². The maximum Gasteiger partial charge on any atom is 0.259 e. The van der Waals surface area contributed by atoms with Gasteiger partial charge in [-0.25, -0.2) is 0 Å². The van der Waals surface area contributed by atoms with E-state index in [1.165, 1.54) is 45.2 Å².